The van der Waals surface area contributed by atoms with E-state index in [1.54, 1.807) is 13.0 Å². The lowest BCUT2D eigenvalue weighted by Gasteiger charge is -2.18. The number of anilines is 1. The number of hydrogen-bond acceptors (Lipinski definition) is 5. The van der Waals surface area contributed by atoms with Crippen LogP contribution < -0.4 is 5.73 Å². The summed E-state index contributed by atoms with van der Waals surface area (Å²) in [6.07, 6.45) is 0. The largest absolute Gasteiger partial charge is 0.398 e. The summed E-state index contributed by atoms with van der Waals surface area (Å²) in [5.41, 5.74) is 6.45. The molecular weight excluding hydrogens is 294 g/mol. The maximum absolute atomic E-state index is 12.0. The third-order valence-electron chi connectivity index (χ3n) is 2.74. The normalized spacial score (nSPS) is 13.1. The Morgan fingerprint density at radius 2 is 2.10 bits per heavy atom. The molecule has 0 saturated carbocycles. The van der Waals surface area contributed by atoms with E-state index < -0.39 is 10.0 Å². The summed E-state index contributed by atoms with van der Waals surface area (Å²) in [4.78, 5) is 0.885. The molecule has 0 aliphatic carbocycles. The van der Waals surface area contributed by atoms with Gasteiger partial charge in [-0.15, -0.1) is 11.8 Å². The van der Waals surface area contributed by atoms with Crippen molar-refractivity contribution in [1.29, 1.82) is 5.26 Å². The number of nitrogens with two attached hydrogens (primary N) is 1. The summed E-state index contributed by atoms with van der Waals surface area (Å²) in [6.45, 7) is 1.92. The van der Waals surface area contributed by atoms with Crippen molar-refractivity contribution in [3.8, 4) is 6.07 Å². The minimum absolute atomic E-state index is 0.0284. The van der Waals surface area contributed by atoms with E-state index in [0.717, 1.165) is 4.90 Å². The maximum atomic E-state index is 12.0. The van der Waals surface area contributed by atoms with Crippen LogP contribution in [0.1, 0.15) is 6.92 Å². The topological polar surface area (TPSA) is 87.2 Å². The molecule has 1 aromatic carbocycles. The smallest absolute Gasteiger partial charge is 0.214 e. The predicted molar refractivity (Wildman–Crippen MR) is 82.8 cm³/mol. The molecular formula is C13H19N3O2S2. The van der Waals surface area contributed by atoms with E-state index >= 15 is 0 Å². The Balaban J connectivity index is 2.52. The van der Waals surface area contributed by atoms with Crippen LogP contribution in [0.3, 0.4) is 0 Å². The van der Waals surface area contributed by atoms with Crippen molar-refractivity contribution in [3.05, 3.63) is 24.3 Å². The minimum Gasteiger partial charge on any atom is -0.398 e. The molecule has 1 unspecified atom stereocenters. The fraction of sp³-hybridized carbons (Fsp3) is 0.462. The molecule has 110 valence electrons. The van der Waals surface area contributed by atoms with Crippen molar-refractivity contribution in [1.82, 2.24) is 4.31 Å². The summed E-state index contributed by atoms with van der Waals surface area (Å²) >= 11 is 1.42. The molecule has 1 rings (SSSR count). The third-order valence-corrected chi connectivity index (χ3v) is 5.91. The molecule has 20 heavy (non-hydrogen) atoms. The molecule has 0 aliphatic heterocycles. The number of thioether (sulfide) groups is 1. The highest BCUT2D eigenvalue weighted by molar-refractivity contribution is 8.00. The molecule has 2 N–H and O–H groups in total. The molecule has 0 amide bonds. The molecule has 1 aromatic rings. The van der Waals surface area contributed by atoms with E-state index in [-0.39, 0.29) is 18.2 Å². The second-order valence-electron chi connectivity index (χ2n) is 4.51. The summed E-state index contributed by atoms with van der Waals surface area (Å²) in [5, 5.41) is 8.72. The van der Waals surface area contributed by atoms with E-state index in [0.29, 0.717) is 11.4 Å². The van der Waals surface area contributed by atoms with E-state index in [4.69, 9.17) is 11.0 Å². The van der Waals surface area contributed by atoms with Gasteiger partial charge in [0.2, 0.25) is 10.0 Å². The first-order chi connectivity index (χ1) is 9.36. The Morgan fingerprint density at radius 1 is 1.45 bits per heavy atom. The van der Waals surface area contributed by atoms with Gasteiger partial charge in [0.25, 0.3) is 0 Å². The molecule has 0 spiro atoms. The summed E-state index contributed by atoms with van der Waals surface area (Å²) in [5.74, 6) is 0.148. The second kappa shape index (κ2) is 7.53. The highest BCUT2D eigenvalue weighted by Crippen LogP contribution is 2.24. The van der Waals surface area contributed by atoms with Gasteiger partial charge in [-0.3, -0.25) is 0 Å². The molecule has 1 atom stereocenters. The lowest BCUT2D eigenvalue weighted by atomic mass is 10.2. The standard InChI is InChI=1S/C13H19N3O2S2/c1-11(9-14)10-16(2)20(17,18)8-7-19-13-6-4-3-5-12(13)15/h3-6,11H,7-8,10,15H2,1-2H3. The number of rotatable bonds is 7. The Hall–Kier alpha value is -1.23. The van der Waals surface area contributed by atoms with Gasteiger partial charge in [0, 0.05) is 29.9 Å². The average Bonchev–Trinajstić information content (AvgIpc) is 2.40. The summed E-state index contributed by atoms with van der Waals surface area (Å²) in [6, 6.07) is 9.40. The molecule has 5 nitrogen and oxygen atoms in total. The van der Waals surface area contributed by atoms with Crippen molar-refractivity contribution in [2.24, 2.45) is 5.92 Å². The van der Waals surface area contributed by atoms with Crippen molar-refractivity contribution in [2.75, 3.05) is 30.8 Å². The van der Waals surface area contributed by atoms with Gasteiger partial charge in [-0.05, 0) is 19.1 Å². The van der Waals surface area contributed by atoms with Gasteiger partial charge in [0.1, 0.15) is 0 Å². The van der Waals surface area contributed by atoms with Gasteiger partial charge in [0.05, 0.1) is 17.7 Å². The quantitative estimate of drug-likeness (QED) is 0.612. The fourth-order valence-electron chi connectivity index (χ4n) is 1.56. The number of hydrogen-bond donors (Lipinski definition) is 1. The van der Waals surface area contributed by atoms with Crippen LogP contribution in [-0.2, 0) is 10.0 Å². The highest BCUT2D eigenvalue weighted by Gasteiger charge is 2.19. The zero-order chi connectivity index (χ0) is 15.2. The SMILES string of the molecule is CC(C#N)CN(C)S(=O)(=O)CCSc1ccccc1N. The van der Waals surface area contributed by atoms with Crippen molar-refractivity contribution in [2.45, 2.75) is 11.8 Å². The number of sulfonamides is 1. The van der Waals surface area contributed by atoms with Gasteiger partial charge >= 0.3 is 0 Å². The average molecular weight is 313 g/mol. The van der Waals surface area contributed by atoms with Crippen LogP contribution in [0.5, 0.6) is 0 Å². The number of para-hydroxylation sites is 1. The first-order valence-corrected chi connectivity index (χ1v) is 8.77. The van der Waals surface area contributed by atoms with Gasteiger partial charge < -0.3 is 5.73 Å². The number of benzene rings is 1. The van der Waals surface area contributed by atoms with Gasteiger partial charge in [-0.1, -0.05) is 12.1 Å². The van der Waals surface area contributed by atoms with Gasteiger partial charge in [-0.2, -0.15) is 5.26 Å². The second-order valence-corrected chi connectivity index (χ2v) is 7.85. The minimum atomic E-state index is -3.33. The first kappa shape index (κ1) is 16.8. The molecule has 0 radical (unpaired) electrons. The number of nitrogens with zero attached hydrogens (tertiary/aromatic N) is 2. The maximum Gasteiger partial charge on any atom is 0.214 e. The Labute approximate surface area is 124 Å². The molecule has 0 aliphatic rings. The number of nitriles is 1. The molecule has 7 heteroatoms. The van der Waals surface area contributed by atoms with Crippen molar-refractivity contribution < 1.29 is 8.42 Å². The van der Waals surface area contributed by atoms with Crippen LogP contribution >= 0.6 is 11.8 Å². The van der Waals surface area contributed by atoms with Crippen LogP contribution in [0.25, 0.3) is 0 Å². The van der Waals surface area contributed by atoms with E-state index in [1.807, 2.05) is 24.3 Å². The lowest BCUT2D eigenvalue weighted by Crippen LogP contribution is -2.33. The van der Waals surface area contributed by atoms with E-state index in [2.05, 4.69) is 0 Å². The van der Waals surface area contributed by atoms with Gasteiger partial charge in [0.15, 0.2) is 0 Å². The summed E-state index contributed by atoms with van der Waals surface area (Å²) in [7, 11) is -1.82. The molecule has 0 heterocycles. The fourth-order valence-corrected chi connectivity index (χ4v) is 4.13. The molecule has 0 fully saturated rings. The van der Waals surface area contributed by atoms with Crippen LogP contribution in [0.15, 0.2) is 29.2 Å². The predicted octanol–water partition coefficient (Wildman–Crippen LogP) is 1.78. The summed E-state index contributed by atoms with van der Waals surface area (Å²) < 4.78 is 25.3. The van der Waals surface area contributed by atoms with Gasteiger partial charge in [-0.25, -0.2) is 12.7 Å². The van der Waals surface area contributed by atoms with Crippen molar-refractivity contribution >= 4 is 27.5 Å². The van der Waals surface area contributed by atoms with Crippen LogP contribution in [-0.4, -0.2) is 37.8 Å². The molecule has 0 bridgehead atoms. The molecule has 0 saturated heterocycles. The first-order valence-electron chi connectivity index (χ1n) is 6.17. The van der Waals surface area contributed by atoms with Crippen LogP contribution in [0.4, 0.5) is 5.69 Å². The lowest BCUT2D eigenvalue weighted by molar-refractivity contribution is 0.440. The number of nitrogen functional groups attached to an aromatic ring is 1. The van der Waals surface area contributed by atoms with Crippen LogP contribution in [0.2, 0.25) is 0 Å². The zero-order valence-corrected chi connectivity index (χ0v) is 13.2. The Morgan fingerprint density at radius 3 is 2.70 bits per heavy atom. The van der Waals surface area contributed by atoms with Crippen molar-refractivity contribution in [3.63, 3.8) is 0 Å². The third kappa shape index (κ3) is 5.04. The zero-order valence-electron chi connectivity index (χ0n) is 11.6. The monoisotopic (exact) mass is 313 g/mol. The Kier molecular flexibility index (Phi) is 6.33. The molecule has 0 aromatic heterocycles. The highest BCUT2D eigenvalue weighted by atomic mass is 32.2. The van der Waals surface area contributed by atoms with E-state index in [1.165, 1.54) is 23.1 Å². The Bertz CT molecular complexity index is 582. The van der Waals surface area contributed by atoms with E-state index in [9.17, 15) is 8.42 Å². The van der Waals surface area contributed by atoms with Crippen LogP contribution in [0, 0.1) is 17.2 Å².